The highest BCUT2D eigenvalue weighted by Crippen LogP contribution is 2.28. The first-order valence-electron chi connectivity index (χ1n) is 4.80. The van der Waals surface area contributed by atoms with Crippen molar-refractivity contribution in [3.8, 4) is 0 Å². The molecule has 96 valence electrons. The number of nitrogens with one attached hydrogen (secondary N) is 1. The van der Waals surface area contributed by atoms with Gasteiger partial charge >= 0.3 is 5.25 Å². The van der Waals surface area contributed by atoms with Gasteiger partial charge in [0.2, 0.25) is 10.0 Å². The number of sulfonamides is 2. The molecular formula is C7H13F2NO4S2. The first kappa shape index (κ1) is 13.8. The van der Waals surface area contributed by atoms with Crippen molar-refractivity contribution >= 4 is 20.0 Å². The zero-order valence-electron chi connectivity index (χ0n) is 8.45. The molecule has 0 saturated carbocycles. The Morgan fingerprint density at radius 1 is 0.938 bits per heavy atom. The van der Waals surface area contributed by atoms with Gasteiger partial charge in [-0.05, 0) is 12.8 Å². The number of hydrogen-bond donors (Lipinski definition) is 1. The van der Waals surface area contributed by atoms with Crippen LogP contribution < -0.4 is 4.13 Å². The second kappa shape index (κ2) is 4.53. The summed E-state index contributed by atoms with van der Waals surface area (Å²) in [7, 11) is -9.32. The highest BCUT2D eigenvalue weighted by molar-refractivity contribution is 8.05. The Morgan fingerprint density at radius 3 is 2.12 bits per heavy atom. The molecule has 1 aliphatic rings. The topological polar surface area (TPSA) is 80.3 Å². The number of halogens is 2. The Labute approximate surface area is 93.3 Å². The van der Waals surface area contributed by atoms with Crippen molar-refractivity contribution in [3.05, 3.63) is 0 Å². The first-order chi connectivity index (χ1) is 7.16. The summed E-state index contributed by atoms with van der Waals surface area (Å²) in [5.74, 6) is -0.442. The van der Waals surface area contributed by atoms with Crippen LogP contribution in [0.25, 0.3) is 0 Å². The average molecular weight is 277 g/mol. The minimum absolute atomic E-state index is 0.0635. The normalized spacial score (nSPS) is 29.4. The van der Waals surface area contributed by atoms with Crippen LogP contribution in [0, 0.1) is 0 Å². The molecule has 1 rings (SSSR count). The second-order valence-corrected chi connectivity index (χ2v) is 7.62. The zero-order valence-corrected chi connectivity index (χ0v) is 10.1. The summed E-state index contributed by atoms with van der Waals surface area (Å²) in [5.41, 5.74) is 0. The molecule has 0 bridgehead atoms. The zero-order chi connectivity index (χ0) is 12.4. The van der Waals surface area contributed by atoms with E-state index in [4.69, 9.17) is 0 Å². The third kappa shape index (κ3) is 3.36. The van der Waals surface area contributed by atoms with E-state index >= 15 is 0 Å². The quantitative estimate of drug-likeness (QED) is 0.710. The third-order valence-corrected chi connectivity index (χ3v) is 5.97. The Balaban J connectivity index is 3.02. The molecule has 5 nitrogen and oxygen atoms in total. The minimum atomic E-state index is -5.14. The Kier molecular flexibility index (Phi) is 3.91. The lowest BCUT2D eigenvalue weighted by molar-refractivity contribution is 0.0780. The maximum absolute atomic E-state index is 13.2. The molecule has 0 aromatic carbocycles. The number of alkyl halides is 2. The molecule has 0 unspecified atom stereocenters. The smallest absolute Gasteiger partial charge is 0.211 e. The number of rotatable bonds is 0. The van der Waals surface area contributed by atoms with Gasteiger partial charge in [0.1, 0.15) is 0 Å². The molecule has 1 heterocycles. The standard InChI is InChI=1S/C7H13F2NO4S2/c8-7(9)5-3-1-2-4-6-15(11,12)10-16(7,13)14/h10H,1-6H2. The summed E-state index contributed by atoms with van der Waals surface area (Å²) in [6, 6.07) is 0. The number of hydrogen-bond acceptors (Lipinski definition) is 4. The van der Waals surface area contributed by atoms with Crippen LogP contribution in [0.5, 0.6) is 0 Å². The molecule has 0 amide bonds. The predicted octanol–water partition coefficient (Wildman–Crippen LogP) is 0.793. The molecule has 1 fully saturated rings. The highest BCUT2D eigenvalue weighted by atomic mass is 32.3. The summed E-state index contributed by atoms with van der Waals surface area (Å²) in [4.78, 5) is 0. The van der Waals surface area contributed by atoms with Gasteiger partial charge in [0.25, 0.3) is 10.0 Å². The van der Waals surface area contributed by atoms with Crippen LogP contribution in [0.4, 0.5) is 8.78 Å². The molecule has 0 aliphatic carbocycles. The van der Waals surface area contributed by atoms with Crippen LogP contribution in [0.3, 0.4) is 0 Å². The van der Waals surface area contributed by atoms with Crippen molar-refractivity contribution in [1.29, 1.82) is 0 Å². The fourth-order valence-corrected chi connectivity index (χ4v) is 4.54. The van der Waals surface area contributed by atoms with Crippen molar-refractivity contribution in [2.24, 2.45) is 0 Å². The molecule has 1 N–H and O–H groups in total. The van der Waals surface area contributed by atoms with Gasteiger partial charge in [-0.1, -0.05) is 12.8 Å². The van der Waals surface area contributed by atoms with Gasteiger partial charge in [-0.3, -0.25) is 0 Å². The molecule has 1 aliphatic heterocycles. The van der Waals surface area contributed by atoms with E-state index in [9.17, 15) is 25.6 Å². The third-order valence-electron chi connectivity index (χ3n) is 2.26. The van der Waals surface area contributed by atoms with E-state index in [0.717, 1.165) is 4.13 Å². The molecular weight excluding hydrogens is 264 g/mol. The van der Waals surface area contributed by atoms with Gasteiger partial charge in [-0.25, -0.2) is 16.8 Å². The molecule has 0 radical (unpaired) electrons. The summed E-state index contributed by atoms with van der Waals surface area (Å²) >= 11 is 0. The van der Waals surface area contributed by atoms with E-state index in [2.05, 4.69) is 0 Å². The molecule has 0 aromatic rings. The van der Waals surface area contributed by atoms with Gasteiger partial charge in [-0.15, -0.1) is 4.13 Å². The molecule has 0 atom stereocenters. The van der Waals surface area contributed by atoms with Gasteiger partial charge in [-0.2, -0.15) is 8.78 Å². The molecule has 0 aromatic heterocycles. The molecule has 9 heteroatoms. The lowest BCUT2D eigenvalue weighted by Gasteiger charge is -2.18. The Bertz CT molecular complexity index is 443. The highest BCUT2D eigenvalue weighted by Gasteiger charge is 2.46. The molecule has 1 saturated heterocycles. The maximum Gasteiger partial charge on any atom is 0.360 e. The second-order valence-electron chi connectivity index (χ2n) is 3.71. The SMILES string of the molecule is O=S1(=O)CCCCCCC(F)(F)S(=O)(=O)N1. The van der Waals surface area contributed by atoms with Gasteiger partial charge < -0.3 is 0 Å². The van der Waals surface area contributed by atoms with Crippen LogP contribution >= 0.6 is 0 Å². The van der Waals surface area contributed by atoms with Crippen LogP contribution in [-0.4, -0.2) is 27.8 Å². The average Bonchev–Trinajstić information content (AvgIpc) is 2.07. The first-order valence-corrected chi connectivity index (χ1v) is 7.93. The summed E-state index contributed by atoms with van der Waals surface area (Å²) in [6.07, 6.45) is 0.389. The van der Waals surface area contributed by atoms with Crippen molar-refractivity contribution in [1.82, 2.24) is 4.13 Å². The van der Waals surface area contributed by atoms with E-state index < -0.39 is 37.5 Å². The summed E-state index contributed by atoms with van der Waals surface area (Å²) in [6.45, 7) is 0. The lowest BCUT2D eigenvalue weighted by atomic mass is 10.2. The predicted molar refractivity (Wildman–Crippen MR) is 53.9 cm³/mol. The van der Waals surface area contributed by atoms with Gasteiger partial charge in [0.05, 0.1) is 5.75 Å². The largest absolute Gasteiger partial charge is 0.360 e. The van der Waals surface area contributed by atoms with Gasteiger partial charge in [0, 0.05) is 6.42 Å². The van der Waals surface area contributed by atoms with Crippen LogP contribution in [0.1, 0.15) is 32.1 Å². The van der Waals surface area contributed by atoms with E-state index in [-0.39, 0.29) is 12.8 Å². The molecule has 16 heavy (non-hydrogen) atoms. The van der Waals surface area contributed by atoms with Crippen molar-refractivity contribution < 1.29 is 25.6 Å². The van der Waals surface area contributed by atoms with E-state index in [1.807, 2.05) is 0 Å². The monoisotopic (exact) mass is 277 g/mol. The molecule has 0 spiro atoms. The van der Waals surface area contributed by atoms with Crippen molar-refractivity contribution in [2.45, 2.75) is 37.4 Å². The maximum atomic E-state index is 13.2. The lowest BCUT2D eigenvalue weighted by Crippen LogP contribution is -2.43. The summed E-state index contributed by atoms with van der Waals surface area (Å²) < 4.78 is 72.0. The van der Waals surface area contributed by atoms with E-state index in [1.54, 1.807) is 0 Å². The van der Waals surface area contributed by atoms with Crippen molar-refractivity contribution in [2.75, 3.05) is 5.75 Å². The van der Waals surface area contributed by atoms with Gasteiger partial charge in [0.15, 0.2) is 0 Å². The van der Waals surface area contributed by atoms with E-state index in [1.165, 1.54) is 0 Å². The summed E-state index contributed by atoms with van der Waals surface area (Å²) in [5, 5.41) is -4.03. The minimum Gasteiger partial charge on any atom is -0.211 e. The fraction of sp³-hybridized carbons (Fsp3) is 1.00. The van der Waals surface area contributed by atoms with Crippen LogP contribution in [0.2, 0.25) is 0 Å². The van der Waals surface area contributed by atoms with Crippen LogP contribution in [-0.2, 0) is 20.0 Å². The van der Waals surface area contributed by atoms with Crippen LogP contribution in [0.15, 0.2) is 0 Å². The fourth-order valence-electron chi connectivity index (χ4n) is 1.38. The Morgan fingerprint density at radius 2 is 1.50 bits per heavy atom. The Hall–Kier alpha value is -0.280. The van der Waals surface area contributed by atoms with Crippen molar-refractivity contribution in [3.63, 3.8) is 0 Å². The van der Waals surface area contributed by atoms with E-state index in [0.29, 0.717) is 12.8 Å².